The number of hydrogen-bond donors (Lipinski definition) is 1. The van der Waals surface area contributed by atoms with E-state index in [0.717, 1.165) is 27.1 Å². The minimum Gasteiger partial charge on any atom is -0.316 e. The molecular weight excluding hydrogens is 254 g/mol. The molecule has 1 aromatic carbocycles. The molecule has 3 nitrogen and oxygen atoms in total. The number of nitrogens with zero attached hydrogens (tertiary/aromatic N) is 2. The lowest BCUT2D eigenvalue weighted by atomic mass is 10.2. The second kappa shape index (κ2) is 6.00. The summed E-state index contributed by atoms with van der Waals surface area (Å²) in [5.74, 6) is 0. The Labute approximate surface area is 110 Å². The topological polar surface area (TPSA) is 37.8 Å². The van der Waals surface area contributed by atoms with Gasteiger partial charge >= 0.3 is 0 Å². The fourth-order valence-electron chi connectivity index (χ4n) is 1.43. The van der Waals surface area contributed by atoms with Gasteiger partial charge < -0.3 is 5.32 Å². The Bertz CT molecular complexity index is 490. The molecule has 1 aromatic heterocycles. The molecule has 1 heterocycles. The van der Waals surface area contributed by atoms with Gasteiger partial charge in [-0.15, -0.1) is 0 Å². The number of benzene rings is 1. The van der Waals surface area contributed by atoms with Crippen molar-refractivity contribution in [1.29, 1.82) is 0 Å². The smallest absolute Gasteiger partial charge is 0.119 e. The predicted molar refractivity (Wildman–Crippen MR) is 70.4 cm³/mol. The van der Waals surface area contributed by atoms with Crippen LogP contribution in [0.4, 0.5) is 0 Å². The summed E-state index contributed by atoms with van der Waals surface area (Å²) in [5.41, 5.74) is 1.09. The monoisotopic (exact) mass is 265 g/mol. The van der Waals surface area contributed by atoms with Gasteiger partial charge in [0.2, 0.25) is 0 Å². The Kier molecular flexibility index (Phi) is 4.36. The van der Waals surface area contributed by atoms with Crippen LogP contribution in [0.15, 0.2) is 46.7 Å². The van der Waals surface area contributed by atoms with Gasteiger partial charge in [0.05, 0.1) is 6.20 Å². The third-order valence-electron chi connectivity index (χ3n) is 2.18. The highest BCUT2D eigenvalue weighted by Gasteiger charge is 2.08. The molecule has 1 N–H and O–H groups in total. The minimum absolute atomic E-state index is 0.738. The van der Waals surface area contributed by atoms with Crippen LogP contribution in [-0.2, 0) is 6.54 Å². The van der Waals surface area contributed by atoms with E-state index in [1.807, 2.05) is 25.2 Å². The Morgan fingerprint density at radius 1 is 1.35 bits per heavy atom. The highest BCUT2D eigenvalue weighted by molar-refractivity contribution is 7.99. The van der Waals surface area contributed by atoms with E-state index in [0.29, 0.717) is 0 Å². The van der Waals surface area contributed by atoms with Gasteiger partial charge in [-0.25, -0.2) is 4.98 Å². The maximum Gasteiger partial charge on any atom is 0.119 e. The van der Waals surface area contributed by atoms with E-state index in [9.17, 15) is 0 Å². The summed E-state index contributed by atoms with van der Waals surface area (Å²) < 4.78 is 0. The van der Waals surface area contributed by atoms with Gasteiger partial charge in [0.1, 0.15) is 5.03 Å². The lowest BCUT2D eigenvalue weighted by molar-refractivity contribution is 0.803. The number of halogens is 1. The lowest BCUT2D eigenvalue weighted by Crippen LogP contribution is -2.06. The van der Waals surface area contributed by atoms with Crippen LogP contribution in [0.25, 0.3) is 0 Å². The zero-order chi connectivity index (χ0) is 12.1. The predicted octanol–water partition coefficient (Wildman–Crippen LogP) is 3.00. The van der Waals surface area contributed by atoms with Crippen LogP contribution in [0.5, 0.6) is 0 Å². The Hall–Kier alpha value is -1.10. The highest BCUT2D eigenvalue weighted by Crippen LogP contribution is 2.32. The first-order valence-corrected chi connectivity index (χ1v) is 6.36. The molecule has 0 aliphatic heterocycles. The van der Waals surface area contributed by atoms with E-state index in [2.05, 4.69) is 15.3 Å². The van der Waals surface area contributed by atoms with Crippen molar-refractivity contribution in [3.05, 3.63) is 47.4 Å². The van der Waals surface area contributed by atoms with Crippen molar-refractivity contribution in [3.8, 4) is 0 Å². The van der Waals surface area contributed by atoms with E-state index in [4.69, 9.17) is 11.6 Å². The highest BCUT2D eigenvalue weighted by atomic mass is 35.5. The van der Waals surface area contributed by atoms with Crippen LogP contribution in [0, 0.1) is 0 Å². The van der Waals surface area contributed by atoms with Crippen molar-refractivity contribution in [2.24, 2.45) is 0 Å². The quantitative estimate of drug-likeness (QED) is 0.922. The van der Waals surface area contributed by atoms with E-state index < -0.39 is 0 Å². The summed E-state index contributed by atoms with van der Waals surface area (Å²) in [6, 6.07) is 5.88. The molecule has 0 aliphatic carbocycles. The summed E-state index contributed by atoms with van der Waals surface area (Å²) in [6.45, 7) is 0.738. The fraction of sp³-hybridized carbons (Fsp3) is 0.167. The standard InChI is InChI=1S/C12H12ClN3S/c1-14-7-9-10(13)3-2-4-11(9)17-12-8-15-5-6-16-12/h2-6,8,14H,7H2,1H3. The number of nitrogens with one attached hydrogen (secondary N) is 1. The van der Waals surface area contributed by atoms with Gasteiger partial charge in [-0.3, -0.25) is 4.98 Å². The van der Waals surface area contributed by atoms with Crippen LogP contribution in [0.3, 0.4) is 0 Å². The van der Waals surface area contributed by atoms with Crippen molar-refractivity contribution in [2.45, 2.75) is 16.5 Å². The summed E-state index contributed by atoms with van der Waals surface area (Å²) >= 11 is 7.76. The third-order valence-corrected chi connectivity index (χ3v) is 3.56. The van der Waals surface area contributed by atoms with Crippen molar-refractivity contribution >= 4 is 23.4 Å². The number of hydrogen-bond acceptors (Lipinski definition) is 4. The molecule has 0 saturated carbocycles. The maximum absolute atomic E-state index is 6.19. The zero-order valence-electron chi connectivity index (χ0n) is 9.35. The molecule has 5 heteroatoms. The molecule has 0 bridgehead atoms. The van der Waals surface area contributed by atoms with Crippen LogP contribution in [0.2, 0.25) is 5.02 Å². The molecule has 2 aromatic rings. The summed E-state index contributed by atoms with van der Waals surface area (Å²) in [4.78, 5) is 9.39. The molecule has 17 heavy (non-hydrogen) atoms. The number of rotatable bonds is 4. The largest absolute Gasteiger partial charge is 0.316 e. The van der Waals surface area contributed by atoms with E-state index in [-0.39, 0.29) is 0 Å². The fourth-order valence-corrected chi connectivity index (χ4v) is 2.64. The second-order valence-electron chi connectivity index (χ2n) is 3.39. The zero-order valence-corrected chi connectivity index (χ0v) is 10.9. The molecule has 0 radical (unpaired) electrons. The normalized spacial score (nSPS) is 10.5. The summed E-state index contributed by atoms with van der Waals surface area (Å²) in [7, 11) is 1.90. The van der Waals surface area contributed by atoms with E-state index in [1.165, 1.54) is 0 Å². The van der Waals surface area contributed by atoms with Crippen molar-refractivity contribution in [1.82, 2.24) is 15.3 Å². The minimum atomic E-state index is 0.738. The molecule has 0 amide bonds. The van der Waals surface area contributed by atoms with Gasteiger partial charge in [-0.2, -0.15) is 0 Å². The summed E-state index contributed by atoms with van der Waals surface area (Å²) in [6.07, 6.45) is 5.09. The van der Waals surface area contributed by atoms with Crippen LogP contribution < -0.4 is 5.32 Å². The van der Waals surface area contributed by atoms with Crippen molar-refractivity contribution in [3.63, 3.8) is 0 Å². The first-order chi connectivity index (χ1) is 8.31. The number of aromatic nitrogens is 2. The van der Waals surface area contributed by atoms with Crippen LogP contribution in [-0.4, -0.2) is 17.0 Å². The van der Waals surface area contributed by atoms with Crippen molar-refractivity contribution < 1.29 is 0 Å². The summed E-state index contributed by atoms with van der Waals surface area (Å²) in [5, 5.41) is 4.76. The second-order valence-corrected chi connectivity index (χ2v) is 4.86. The maximum atomic E-state index is 6.19. The molecule has 0 unspecified atom stereocenters. The Morgan fingerprint density at radius 2 is 2.24 bits per heavy atom. The van der Waals surface area contributed by atoms with Crippen molar-refractivity contribution in [2.75, 3.05) is 7.05 Å². The first-order valence-electron chi connectivity index (χ1n) is 5.17. The molecule has 88 valence electrons. The van der Waals surface area contributed by atoms with Crippen LogP contribution >= 0.6 is 23.4 Å². The molecule has 0 saturated heterocycles. The molecule has 0 atom stereocenters. The van der Waals surface area contributed by atoms with E-state index >= 15 is 0 Å². The Balaban J connectivity index is 2.29. The molecular formula is C12H12ClN3S. The molecule has 0 aliphatic rings. The molecule has 0 spiro atoms. The van der Waals surface area contributed by atoms with Gasteiger partial charge in [-0.1, -0.05) is 29.4 Å². The van der Waals surface area contributed by atoms with E-state index in [1.54, 1.807) is 30.4 Å². The van der Waals surface area contributed by atoms with Gasteiger partial charge in [0, 0.05) is 28.9 Å². The first kappa shape index (κ1) is 12.4. The molecule has 0 fully saturated rings. The average molecular weight is 266 g/mol. The lowest BCUT2D eigenvalue weighted by Gasteiger charge is -2.09. The van der Waals surface area contributed by atoms with Gasteiger partial charge in [0.25, 0.3) is 0 Å². The van der Waals surface area contributed by atoms with Gasteiger partial charge in [0.15, 0.2) is 0 Å². The average Bonchev–Trinajstić information content (AvgIpc) is 2.35. The Morgan fingerprint density at radius 3 is 2.94 bits per heavy atom. The molecule has 2 rings (SSSR count). The van der Waals surface area contributed by atoms with Gasteiger partial charge in [-0.05, 0) is 24.7 Å². The SMILES string of the molecule is CNCc1c(Cl)cccc1Sc1cnccn1. The van der Waals surface area contributed by atoms with Crippen LogP contribution in [0.1, 0.15) is 5.56 Å². The third kappa shape index (κ3) is 3.19.